The fourth-order valence-electron chi connectivity index (χ4n) is 3.37. The number of carbonyl (C=O) groups excluding carboxylic acids is 2. The highest BCUT2D eigenvalue weighted by atomic mass is 79.9. The molecule has 0 atom stereocenters. The molecule has 31 heavy (non-hydrogen) atoms. The van der Waals surface area contributed by atoms with Gasteiger partial charge in [-0.2, -0.15) is 0 Å². The number of furan rings is 1. The molecule has 1 aromatic heterocycles. The number of halogens is 1. The number of urea groups is 1. The van der Waals surface area contributed by atoms with Gasteiger partial charge in [-0.15, -0.1) is 0 Å². The minimum Gasteiger partial charge on any atom is -0.467 e. The van der Waals surface area contributed by atoms with Crippen molar-refractivity contribution in [1.29, 1.82) is 0 Å². The first-order valence-electron chi connectivity index (χ1n) is 10.3. The molecule has 0 saturated heterocycles. The molecule has 0 bridgehead atoms. The predicted octanol–water partition coefficient (Wildman–Crippen LogP) is 5.27. The van der Waals surface area contributed by atoms with Gasteiger partial charge in [-0.1, -0.05) is 42.5 Å². The maximum Gasteiger partial charge on any atom is 0.322 e. The van der Waals surface area contributed by atoms with Crippen LogP contribution in [0.5, 0.6) is 0 Å². The van der Waals surface area contributed by atoms with Crippen molar-refractivity contribution in [3.63, 3.8) is 0 Å². The van der Waals surface area contributed by atoms with Gasteiger partial charge in [0.15, 0.2) is 0 Å². The molecule has 1 saturated carbocycles. The SMILES string of the molecule is O=C(CN(C(=O)Nc1ccccc1Br)C1CC1)N(Cc1ccccc1)Cc1ccco1. The van der Waals surface area contributed by atoms with Crippen molar-refractivity contribution < 1.29 is 14.0 Å². The van der Waals surface area contributed by atoms with Gasteiger partial charge < -0.3 is 19.5 Å². The minimum absolute atomic E-state index is 0.0223. The van der Waals surface area contributed by atoms with E-state index >= 15 is 0 Å². The number of hydrogen-bond donors (Lipinski definition) is 1. The van der Waals surface area contributed by atoms with E-state index in [0.717, 1.165) is 22.9 Å². The largest absolute Gasteiger partial charge is 0.467 e. The summed E-state index contributed by atoms with van der Waals surface area (Å²) >= 11 is 3.45. The highest BCUT2D eigenvalue weighted by Gasteiger charge is 2.35. The Kier molecular flexibility index (Phi) is 6.72. The number of benzene rings is 2. The molecule has 0 aliphatic heterocycles. The molecule has 1 aliphatic carbocycles. The van der Waals surface area contributed by atoms with E-state index in [0.29, 0.717) is 24.5 Å². The third-order valence-electron chi connectivity index (χ3n) is 5.17. The average Bonchev–Trinajstić information content (AvgIpc) is 3.49. The van der Waals surface area contributed by atoms with Gasteiger partial charge in [-0.3, -0.25) is 4.79 Å². The van der Waals surface area contributed by atoms with Gasteiger partial charge in [-0.25, -0.2) is 4.79 Å². The molecule has 4 rings (SSSR count). The van der Waals surface area contributed by atoms with Gasteiger partial charge in [0.1, 0.15) is 12.3 Å². The van der Waals surface area contributed by atoms with Crippen LogP contribution in [0.2, 0.25) is 0 Å². The molecule has 3 amide bonds. The van der Waals surface area contributed by atoms with Crippen molar-refractivity contribution in [2.75, 3.05) is 11.9 Å². The van der Waals surface area contributed by atoms with E-state index in [2.05, 4.69) is 21.2 Å². The monoisotopic (exact) mass is 481 g/mol. The summed E-state index contributed by atoms with van der Waals surface area (Å²) in [5.74, 6) is 0.592. The molecule has 0 spiro atoms. The first-order chi connectivity index (χ1) is 15.1. The molecule has 2 aromatic carbocycles. The van der Waals surface area contributed by atoms with Crippen LogP contribution >= 0.6 is 15.9 Å². The van der Waals surface area contributed by atoms with Crippen molar-refractivity contribution >= 4 is 33.6 Å². The molecule has 1 fully saturated rings. The summed E-state index contributed by atoms with van der Waals surface area (Å²) in [6, 6.07) is 20.8. The Hall–Kier alpha value is -3.06. The first-order valence-corrected chi connectivity index (χ1v) is 11.1. The lowest BCUT2D eigenvalue weighted by molar-refractivity contribution is -0.133. The number of rotatable bonds is 8. The van der Waals surface area contributed by atoms with Crippen LogP contribution in [0.4, 0.5) is 10.5 Å². The standard InChI is InChI=1S/C24H24BrN3O3/c25-21-10-4-5-11-22(21)26-24(30)28(19-12-13-19)17-23(29)27(16-20-9-6-14-31-20)15-18-7-2-1-3-8-18/h1-11,14,19H,12-13,15-17H2,(H,26,30). The van der Waals surface area contributed by atoms with Gasteiger partial charge in [0, 0.05) is 17.1 Å². The lowest BCUT2D eigenvalue weighted by Gasteiger charge is -2.27. The fraction of sp³-hybridized carbons (Fsp3) is 0.250. The number of anilines is 1. The topological polar surface area (TPSA) is 65.8 Å². The first kappa shape index (κ1) is 21.2. The van der Waals surface area contributed by atoms with Crippen LogP contribution in [0, 0.1) is 0 Å². The van der Waals surface area contributed by atoms with Crippen molar-refractivity contribution in [2.24, 2.45) is 0 Å². The van der Waals surface area contributed by atoms with E-state index in [1.165, 1.54) is 0 Å². The van der Waals surface area contributed by atoms with Crippen LogP contribution in [-0.2, 0) is 17.9 Å². The van der Waals surface area contributed by atoms with Crippen LogP contribution < -0.4 is 5.32 Å². The van der Waals surface area contributed by atoms with Gasteiger partial charge in [0.25, 0.3) is 0 Å². The summed E-state index contributed by atoms with van der Waals surface area (Å²) < 4.78 is 6.26. The minimum atomic E-state index is -0.264. The van der Waals surface area contributed by atoms with E-state index in [1.54, 1.807) is 16.1 Å². The predicted molar refractivity (Wildman–Crippen MR) is 122 cm³/mol. The van der Waals surface area contributed by atoms with Gasteiger partial charge in [0.2, 0.25) is 5.91 Å². The summed E-state index contributed by atoms with van der Waals surface area (Å²) in [5, 5.41) is 2.92. The summed E-state index contributed by atoms with van der Waals surface area (Å²) in [7, 11) is 0. The maximum absolute atomic E-state index is 13.3. The Morgan fingerprint density at radius 1 is 0.968 bits per heavy atom. The lowest BCUT2D eigenvalue weighted by Crippen LogP contribution is -2.45. The average molecular weight is 482 g/mol. The van der Waals surface area contributed by atoms with E-state index in [1.807, 2.05) is 66.7 Å². The number of nitrogens with zero attached hydrogens (tertiary/aromatic N) is 2. The van der Waals surface area contributed by atoms with Crippen LogP contribution in [0.3, 0.4) is 0 Å². The second-order valence-electron chi connectivity index (χ2n) is 7.58. The Bertz CT molecular complexity index is 1020. The molecule has 160 valence electrons. The lowest BCUT2D eigenvalue weighted by atomic mass is 10.2. The zero-order chi connectivity index (χ0) is 21.6. The molecule has 7 heteroatoms. The quantitative estimate of drug-likeness (QED) is 0.476. The zero-order valence-electron chi connectivity index (χ0n) is 17.0. The summed E-state index contributed by atoms with van der Waals surface area (Å²) in [6.45, 7) is 0.824. The zero-order valence-corrected chi connectivity index (χ0v) is 18.6. The van der Waals surface area contributed by atoms with Crippen molar-refractivity contribution in [1.82, 2.24) is 9.80 Å². The molecule has 6 nitrogen and oxygen atoms in total. The normalized spacial score (nSPS) is 12.9. The molecule has 1 N–H and O–H groups in total. The second-order valence-corrected chi connectivity index (χ2v) is 8.44. The highest BCUT2D eigenvalue weighted by Crippen LogP contribution is 2.29. The summed E-state index contributed by atoms with van der Waals surface area (Å²) in [5.41, 5.74) is 1.71. The van der Waals surface area contributed by atoms with E-state index in [9.17, 15) is 9.59 Å². The molecule has 1 aliphatic rings. The molecule has 0 unspecified atom stereocenters. The molecule has 1 heterocycles. The molecular formula is C24H24BrN3O3. The van der Waals surface area contributed by atoms with Gasteiger partial charge in [-0.05, 0) is 58.6 Å². The van der Waals surface area contributed by atoms with Gasteiger partial charge >= 0.3 is 6.03 Å². The van der Waals surface area contributed by atoms with E-state index < -0.39 is 0 Å². The molecule has 0 radical (unpaired) electrons. The molecule has 3 aromatic rings. The molecular weight excluding hydrogens is 458 g/mol. The number of para-hydroxylation sites is 1. The van der Waals surface area contributed by atoms with Gasteiger partial charge in [0.05, 0.1) is 18.5 Å². The Morgan fingerprint density at radius 2 is 1.71 bits per heavy atom. The fourth-order valence-corrected chi connectivity index (χ4v) is 3.76. The van der Waals surface area contributed by atoms with E-state index in [-0.39, 0.29) is 24.5 Å². The summed E-state index contributed by atoms with van der Waals surface area (Å²) in [6.07, 6.45) is 3.42. The van der Waals surface area contributed by atoms with Crippen LogP contribution in [-0.4, -0.2) is 34.3 Å². The van der Waals surface area contributed by atoms with E-state index in [4.69, 9.17) is 4.42 Å². The number of nitrogens with one attached hydrogen (secondary N) is 1. The van der Waals surface area contributed by atoms with Crippen LogP contribution in [0.25, 0.3) is 0 Å². The number of carbonyl (C=O) groups is 2. The Morgan fingerprint density at radius 3 is 2.39 bits per heavy atom. The maximum atomic E-state index is 13.3. The van der Waals surface area contributed by atoms with Crippen molar-refractivity contribution in [2.45, 2.75) is 32.0 Å². The third kappa shape index (κ3) is 5.76. The second kappa shape index (κ2) is 9.83. The van der Waals surface area contributed by atoms with Crippen LogP contribution in [0.15, 0.2) is 81.9 Å². The van der Waals surface area contributed by atoms with Crippen molar-refractivity contribution in [3.8, 4) is 0 Å². The number of amides is 3. The highest BCUT2D eigenvalue weighted by molar-refractivity contribution is 9.10. The van der Waals surface area contributed by atoms with Crippen LogP contribution in [0.1, 0.15) is 24.2 Å². The third-order valence-corrected chi connectivity index (χ3v) is 5.86. The Balaban J connectivity index is 1.48. The van der Waals surface area contributed by atoms with Crippen molar-refractivity contribution in [3.05, 3.63) is 88.8 Å². The smallest absolute Gasteiger partial charge is 0.322 e. The summed E-state index contributed by atoms with van der Waals surface area (Å²) in [4.78, 5) is 29.7. The Labute approximate surface area is 190 Å². The number of hydrogen-bond acceptors (Lipinski definition) is 3.